The average Bonchev–Trinajstić information content (AvgIpc) is 2.94. The average molecular weight is 352 g/mol. The largest absolute Gasteiger partial charge is 0.307 e. The molecule has 0 fully saturated rings. The van der Waals surface area contributed by atoms with Crippen molar-refractivity contribution >= 4 is 29.4 Å². The SMILES string of the molecule is Cc1cc(NC(=O)/C=C/c2ccccc2Cl)n(Cc2ccccc2)n1. The number of carbonyl (C=O) groups excluding carboxylic acids is 1. The molecule has 1 heterocycles. The van der Waals surface area contributed by atoms with Crippen LogP contribution in [-0.2, 0) is 11.3 Å². The van der Waals surface area contributed by atoms with E-state index < -0.39 is 0 Å². The van der Waals surface area contributed by atoms with Gasteiger partial charge in [-0.1, -0.05) is 60.1 Å². The Kier molecular flexibility index (Phi) is 5.31. The van der Waals surface area contributed by atoms with Crippen molar-refractivity contribution in [1.82, 2.24) is 9.78 Å². The Labute approximate surface area is 151 Å². The van der Waals surface area contributed by atoms with Crippen molar-refractivity contribution in [3.05, 3.63) is 88.6 Å². The number of nitrogens with one attached hydrogen (secondary N) is 1. The zero-order chi connectivity index (χ0) is 17.6. The van der Waals surface area contributed by atoms with Crippen molar-refractivity contribution in [2.24, 2.45) is 0 Å². The number of hydrogen-bond acceptors (Lipinski definition) is 2. The lowest BCUT2D eigenvalue weighted by atomic mass is 10.2. The molecular formula is C20H18ClN3O. The third-order valence-corrected chi connectivity index (χ3v) is 3.99. The molecule has 0 saturated carbocycles. The van der Waals surface area contributed by atoms with Crippen LogP contribution in [0, 0.1) is 6.92 Å². The van der Waals surface area contributed by atoms with Gasteiger partial charge in [0.05, 0.1) is 12.2 Å². The molecule has 5 heteroatoms. The van der Waals surface area contributed by atoms with Gasteiger partial charge in [0.2, 0.25) is 5.91 Å². The molecule has 0 saturated heterocycles. The predicted molar refractivity (Wildman–Crippen MR) is 102 cm³/mol. The molecule has 4 nitrogen and oxygen atoms in total. The summed E-state index contributed by atoms with van der Waals surface area (Å²) in [5, 5.41) is 7.93. The first kappa shape index (κ1) is 17.0. The lowest BCUT2D eigenvalue weighted by Crippen LogP contribution is -2.13. The van der Waals surface area contributed by atoms with Crippen molar-refractivity contribution in [1.29, 1.82) is 0 Å². The van der Waals surface area contributed by atoms with Gasteiger partial charge in [-0.3, -0.25) is 4.79 Å². The molecule has 1 N–H and O–H groups in total. The van der Waals surface area contributed by atoms with Crippen molar-refractivity contribution in [2.75, 3.05) is 5.32 Å². The normalized spacial score (nSPS) is 11.0. The van der Waals surface area contributed by atoms with Crippen LogP contribution in [0.4, 0.5) is 5.82 Å². The van der Waals surface area contributed by atoms with E-state index in [1.54, 1.807) is 16.8 Å². The topological polar surface area (TPSA) is 46.9 Å². The van der Waals surface area contributed by atoms with Gasteiger partial charge in [0.25, 0.3) is 0 Å². The van der Waals surface area contributed by atoms with Gasteiger partial charge in [-0.15, -0.1) is 0 Å². The van der Waals surface area contributed by atoms with Crippen LogP contribution in [-0.4, -0.2) is 15.7 Å². The number of halogens is 1. The molecular weight excluding hydrogens is 334 g/mol. The Morgan fingerprint density at radius 2 is 1.88 bits per heavy atom. The smallest absolute Gasteiger partial charge is 0.249 e. The maximum atomic E-state index is 12.2. The highest BCUT2D eigenvalue weighted by Gasteiger charge is 2.08. The summed E-state index contributed by atoms with van der Waals surface area (Å²) in [4.78, 5) is 12.2. The molecule has 0 atom stereocenters. The number of hydrogen-bond donors (Lipinski definition) is 1. The van der Waals surface area contributed by atoms with E-state index in [9.17, 15) is 4.79 Å². The Morgan fingerprint density at radius 3 is 2.64 bits per heavy atom. The minimum atomic E-state index is -0.228. The molecule has 126 valence electrons. The molecule has 0 aliphatic rings. The summed E-state index contributed by atoms with van der Waals surface area (Å²) >= 11 is 6.09. The van der Waals surface area contributed by atoms with E-state index in [-0.39, 0.29) is 5.91 Å². The van der Waals surface area contributed by atoms with Crippen LogP contribution in [0.2, 0.25) is 5.02 Å². The van der Waals surface area contributed by atoms with E-state index in [2.05, 4.69) is 10.4 Å². The maximum absolute atomic E-state index is 12.2. The molecule has 3 aromatic rings. The molecule has 3 rings (SSSR count). The third-order valence-electron chi connectivity index (χ3n) is 3.65. The van der Waals surface area contributed by atoms with Gasteiger partial charge in [-0.25, -0.2) is 4.68 Å². The lowest BCUT2D eigenvalue weighted by molar-refractivity contribution is -0.111. The van der Waals surface area contributed by atoms with Crippen LogP contribution >= 0.6 is 11.6 Å². The van der Waals surface area contributed by atoms with Crippen LogP contribution in [0.1, 0.15) is 16.8 Å². The van der Waals surface area contributed by atoms with Gasteiger partial charge in [-0.05, 0) is 30.2 Å². The fourth-order valence-electron chi connectivity index (χ4n) is 2.47. The number of rotatable bonds is 5. The number of anilines is 1. The number of aryl methyl sites for hydroxylation is 1. The third kappa shape index (κ3) is 4.58. The standard InChI is InChI=1S/C20H18ClN3O/c1-15-13-19(24(23-15)14-16-7-3-2-4-8-16)22-20(25)12-11-17-9-5-6-10-18(17)21/h2-13H,14H2,1H3,(H,22,25)/b12-11+. The van der Waals surface area contributed by atoms with E-state index in [1.807, 2.05) is 61.5 Å². The molecule has 0 aliphatic heterocycles. The van der Waals surface area contributed by atoms with Gasteiger partial charge in [0, 0.05) is 17.2 Å². The van der Waals surface area contributed by atoms with E-state index in [4.69, 9.17) is 11.6 Å². The number of amides is 1. The second-order valence-corrected chi connectivity index (χ2v) is 6.07. The highest BCUT2D eigenvalue weighted by molar-refractivity contribution is 6.32. The van der Waals surface area contributed by atoms with Crippen molar-refractivity contribution in [2.45, 2.75) is 13.5 Å². The van der Waals surface area contributed by atoms with Crippen molar-refractivity contribution in [3.8, 4) is 0 Å². The summed E-state index contributed by atoms with van der Waals surface area (Å²) in [5.74, 6) is 0.435. The molecule has 0 aliphatic carbocycles. The van der Waals surface area contributed by atoms with Gasteiger partial charge in [-0.2, -0.15) is 5.10 Å². The van der Waals surface area contributed by atoms with Gasteiger partial charge >= 0.3 is 0 Å². The Balaban J connectivity index is 1.72. The first-order valence-corrected chi connectivity index (χ1v) is 8.31. The quantitative estimate of drug-likeness (QED) is 0.686. The summed E-state index contributed by atoms with van der Waals surface area (Å²) in [5.41, 5.74) is 2.77. The first-order valence-electron chi connectivity index (χ1n) is 7.94. The van der Waals surface area contributed by atoms with Crippen LogP contribution in [0.15, 0.2) is 66.7 Å². The maximum Gasteiger partial charge on any atom is 0.249 e. The zero-order valence-electron chi connectivity index (χ0n) is 13.8. The number of aromatic nitrogens is 2. The van der Waals surface area contributed by atoms with Crippen molar-refractivity contribution < 1.29 is 4.79 Å². The van der Waals surface area contributed by atoms with Crippen molar-refractivity contribution in [3.63, 3.8) is 0 Å². The number of carbonyl (C=O) groups is 1. The summed E-state index contributed by atoms with van der Waals surface area (Å²) in [6.07, 6.45) is 3.17. The first-order chi connectivity index (χ1) is 12.1. The van der Waals surface area contributed by atoms with Crippen LogP contribution in [0.25, 0.3) is 6.08 Å². The van der Waals surface area contributed by atoms with E-state index in [1.165, 1.54) is 6.08 Å². The molecule has 0 spiro atoms. The van der Waals surface area contributed by atoms with E-state index >= 15 is 0 Å². The van der Waals surface area contributed by atoms with E-state index in [0.29, 0.717) is 17.4 Å². The van der Waals surface area contributed by atoms with Crippen LogP contribution in [0.5, 0.6) is 0 Å². The molecule has 1 amide bonds. The molecule has 2 aromatic carbocycles. The summed E-state index contributed by atoms with van der Waals surface area (Å²) in [6, 6.07) is 19.2. The summed E-state index contributed by atoms with van der Waals surface area (Å²) < 4.78 is 1.78. The Bertz CT molecular complexity index is 900. The monoisotopic (exact) mass is 351 g/mol. The molecule has 0 bridgehead atoms. The lowest BCUT2D eigenvalue weighted by Gasteiger charge is -2.07. The fraction of sp³-hybridized carbons (Fsp3) is 0.100. The number of nitrogens with zero attached hydrogens (tertiary/aromatic N) is 2. The Hall–Kier alpha value is -2.85. The molecule has 25 heavy (non-hydrogen) atoms. The van der Waals surface area contributed by atoms with Crippen LogP contribution in [0.3, 0.4) is 0 Å². The highest BCUT2D eigenvalue weighted by atomic mass is 35.5. The summed E-state index contributed by atoms with van der Waals surface area (Å²) in [6.45, 7) is 2.50. The van der Waals surface area contributed by atoms with Gasteiger partial charge < -0.3 is 5.32 Å². The second kappa shape index (κ2) is 7.81. The second-order valence-electron chi connectivity index (χ2n) is 5.66. The summed E-state index contributed by atoms with van der Waals surface area (Å²) in [7, 11) is 0. The molecule has 0 radical (unpaired) electrons. The fourth-order valence-corrected chi connectivity index (χ4v) is 2.67. The zero-order valence-corrected chi connectivity index (χ0v) is 14.6. The predicted octanol–water partition coefficient (Wildman–Crippen LogP) is 4.55. The minimum absolute atomic E-state index is 0.228. The van der Waals surface area contributed by atoms with Gasteiger partial charge in [0.1, 0.15) is 5.82 Å². The van der Waals surface area contributed by atoms with E-state index in [0.717, 1.165) is 16.8 Å². The van der Waals surface area contributed by atoms with Gasteiger partial charge in [0.15, 0.2) is 0 Å². The Morgan fingerprint density at radius 1 is 1.16 bits per heavy atom. The highest BCUT2D eigenvalue weighted by Crippen LogP contribution is 2.17. The van der Waals surface area contributed by atoms with Crippen LogP contribution < -0.4 is 5.32 Å². The minimum Gasteiger partial charge on any atom is -0.307 e. The molecule has 1 aromatic heterocycles. The number of benzene rings is 2. The molecule has 0 unspecified atom stereocenters.